The van der Waals surface area contributed by atoms with E-state index in [4.69, 9.17) is 4.74 Å². The van der Waals surface area contributed by atoms with Crippen LogP contribution in [-0.4, -0.2) is 28.2 Å². The molecule has 2 aliphatic rings. The molecule has 2 aliphatic heterocycles. The van der Waals surface area contributed by atoms with Crippen LogP contribution in [0.4, 0.5) is 9.18 Å². The normalized spacial score (nSPS) is 26.8. The predicted molar refractivity (Wildman–Crippen MR) is 104 cm³/mol. The van der Waals surface area contributed by atoms with E-state index in [-0.39, 0.29) is 30.6 Å². The third kappa shape index (κ3) is 3.63. The summed E-state index contributed by atoms with van der Waals surface area (Å²) in [4.78, 5) is 14.6. The van der Waals surface area contributed by atoms with Crippen LogP contribution in [0.5, 0.6) is 0 Å². The summed E-state index contributed by atoms with van der Waals surface area (Å²) in [7, 11) is 0. The van der Waals surface area contributed by atoms with E-state index in [1.807, 2.05) is 43.3 Å². The summed E-state index contributed by atoms with van der Waals surface area (Å²) in [5, 5.41) is 11.3. The number of halogens is 1. The number of aliphatic hydroxyl groups is 1. The number of hydrogen-bond acceptors (Lipinski definition) is 3. The molecule has 5 heteroatoms. The summed E-state index contributed by atoms with van der Waals surface area (Å²) >= 11 is 0. The molecule has 2 aromatic rings. The Kier molecular flexibility index (Phi) is 5.11. The van der Waals surface area contributed by atoms with E-state index >= 15 is 0 Å². The van der Waals surface area contributed by atoms with Crippen molar-refractivity contribution in [1.29, 1.82) is 0 Å². The summed E-state index contributed by atoms with van der Waals surface area (Å²) in [5.74, 6) is -0.374. The Balaban J connectivity index is 1.51. The van der Waals surface area contributed by atoms with Crippen molar-refractivity contribution in [3.63, 3.8) is 0 Å². The molecule has 28 heavy (non-hydrogen) atoms. The van der Waals surface area contributed by atoms with Gasteiger partial charge in [0.05, 0.1) is 5.60 Å². The van der Waals surface area contributed by atoms with Crippen LogP contribution in [-0.2, 0) is 16.9 Å². The van der Waals surface area contributed by atoms with E-state index in [1.54, 1.807) is 11.0 Å². The molecule has 0 aromatic heterocycles. The Morgan fingerprint density at radius 3 is 2.50 bits per heavy atom. The Hall–Kier alpha value is -2.40. The molecule has 2 bridgehead atoms. The molecule has 2 heterocycles. The lowest BCUT2D eigenvalue weighted by Gasteiger charge is -2.51. The molecule has 0 aliphatic carbocycles. The molecule has 4 nitrogen and oxygen atoms in total. The van der Waals surface area contributed by atoms with Gasteiger partial charge in [-0.05, 0) is 43.4 Å². The number of fused-ring (bicyclic) bond motifs is 2. The quantitative estimate of drug-likeness (QED) is 0.838. The Morgan fingerprint density at radius 1 is 1.18 bits per heavy atom. The van der Waals surface area contributed by atoms with Gasteiger partial charge in [0.25, 0.3) is 0 Å². The maximum absolute atomic E-state index is 14.6. The van der Waals surface area contributed by atoms with Crippen LogP contribution in [0.15, 0.2) is 48.5 Å². The number of amides is 1. The van der Waals surface area contributed by atoms with E-state index in [0.717, 1.165) is 30.4 Å². The second kappa shape index (κ2) is 7.55. The highest BCUT2D eigenvalue weighted by molar-refractivity contribution is 5.69. The molecule has 0 spiro atoms. The average Bonchev–Trinajstić information content (AvgIpc) is 2.66. The van der Waals surface area contributed by atoms with E-state index in [0.29, 0.717) is 18.4 Å². The lowest BCUT2D eigenvalue weighted by molar-refractivity contribution is -0.0911. The average molecular weight is 383 g/mol. The third-order valence-electron chi connectivity index (χ3n) is 6.05. The molecule has 2 saturated heterocycles. The van der Waals surface area contributed by atoms with Crippen LogP contribution in [0.3, 0.4) is 0 Å². The van der Waals surface area contributed by atoms with Crippen molar-refractivity contribution in [2.75, 3.05) is 0 Å². The maximum atomic E-state index is 14.6. The van der Waals surface area contributed by atoms with Gasteiger partial charge in [-0.15, -0.1) is 0 Å². The van der Waals surface area contributed by atoms with Gasteiger partial charge >= 0.3 is 6.09 Å². The number of hydrogen-bond donors (Lipinski definition) is 1. The first-order valence-electron chi connectivity index (χ1n) is 9.94. The van der Waals surface area contributed by atoms with Gasteiger partial charge in [0.15, 0.2) is 0 Å². The molecule has 0 radical (unpaired) electrons. The van der Waals surface area contributed by atoms with E-state index in [2.05, 4.69) is 0 Å². The first kappa shape index (κ1) is 18.9. The number of ether oxygens (including phenoxy) is 1. The molecule has 2 unspecified atom stereocenters. The lowest BCUT2D eigenvalue weighted by Crippen LogP contribution is -2.59. The van der Waals surface area contributed by atoms with E-state index in [1.165, 1.54) is 6.07 Å². The second-order valence-corrected chi connectivity index (χ2v) is 8.11. The summed E-state index contributed by atoms with van der Waals surface area (Å²) < 4.78 is 20.1. The van der Waals surface area contributed by atoms with Crippen molar-refractivity contribution in [2.24, 2.45) is 0 Å². The fourth-order valence-electron chi connectivity index (χ4n) is 4.74. The zero-order valence-corrected chi connectivity index (χ0v) is 16.1. The molecular weight excluding hydrogens is 357 g/mol. The van der Waals surface area contributed by atoms with Gasteiger partial charge in [-0.2, -0.15) is 0 Å². The van der Waals surface area contributed by atoms with Gasteiger partial charge < -0.3 is 14.7 Å². The Bertz CT molecular complexity index is 840. The highest BCUT2D eigenvalue weighted by Crippen LogP contribution is 2.45. The van der Waals surface area contributed by atoms with Crippen molar-refractivity contribution in [3.05, 3.63) is 71.0 Å². The Labute approximate surface area is 164 Å². The zero-order valence-electron chi connectivity index (χ0n) is 16.1. The van der Waals surface area contributed by atoms with Crippen molar-refractivity contribution in [1.82, 2.24) is 4.90 Å². The van der Waals surface area contributed by atoms with Crippen LogP contribution < -0.4 is 0 Å². The summed E-state index contributed by atoms with van der Waals surface area (Å²) in [6.07, 6.45) is 2.93. The van der Waals surface area contributed by atoms with Crippen LogP contribution >= 0.6 is 0 Å². The van der Waals surface area contributed by atoms with Gasteiger partial charge in [0, 0.05) is 30.5 Å². The minimum Gasteiger partial charge on any atom is -0.445 e. The van der Waals surface area contributed by atoms with Crippen LogP contribution in [0.1, 0.15) is 48.8 Å². The molecule has 2 aromatic carbocycles. The minimum atomic E-state index is -1.25. The fourth-order valence-corrected chi connectivity index (χ4v) is 4.74. The van der Waals surface area contributed by atoms with Gasteiger partial charge in [-0.3, -0.25) is 0 Å². The highest BCUT2D eigenvalue weighted by Gasteiger charge is 2.49. The smallest absolute Gasteiger partial charge is 0.410 e. The summed E-state index contributed by atoms with van der Waals surface area (Å²) in [6, 6.07) is 14.3. The first-order valence-corrected chi connectivity index (χ1v) is 9.94. The van der Waals surface area contributed by atoms with Crippen molar-refractivity contribution >= 4 is 6.09 Å². The molecule has 148 valence electrons. The first-order chi connectivity index (χ1) is 13.5. The summed E-state index contributed by atoms with van der Waals surface area (Å²) in [5.41, 5.74) is 0.861. The number of aryl methyl sites for hydroxylation is 1. The molecule has 1 N–H and O–H groups in total. The molecule has 2 fully saturated rings. The van der Waals surface area contributed by atoms with Crippen molar-refractivity contribution < 1.29 is 19.0 Å². The minimum absolute atomic E-state index is 0.138. The van der Waals surface area contributed by atoms with Crippen LogP contribution in [0.25, 0.3) is 0 Å². The predicted octanol–water partition coefficient (Wildman–Crippen LogP) is 4.68. The largest absolute Gasteiger partial charge is 0.445 e. The third-order valence-corrected chi connectivity index (χ3v) is 6.05. The number of carbonyl (C=O) groups excluding carboxylic acids is 1. The van der Waals surface area contributed by atoms with Crippen molar-refractivity contribution in [2.45, 2.75) is 63.3 Å². The van der Waals surface area contributed by atoms with Crippen molar-refractivity contribution in [3.8, 4) is 0 Å². The lowest BCUT2D eigenvalue weighted by atomic mass is 9.72. The van der Waals surface area contributed by atoms with E-state index < -0.39 is 5.60 Å². The van der Waals surface area contributed by atoms with Crippen LogP contribution in [0.2, 0.25) is 0 Å². The van der Waals surface area contributed by atoms with Gasteiger partial charge in [0.2, 0.25) is 0 Å². The topological polar surface area (TPSA) is 49.8 Å². The van der Waals surface area contributed by atoms with Gasteiger partial charge in [0.1, 0.15) is 12.4 Å². The van der Waals surface area contributed by atoms with E-state index in [9.17, 15) is 14.3 Å². The molecular formula is C23H26FNO3. The highest BCUT2D eigenvalue weighted by atomic mass is 19.1. The molecule has 1 amide bonds. The monoisotopic (exact) mass is 383 g/mol. The number of carbonyl (C=O) groups is 1. The fraction of sp³-hybridized carbons (Fsp3) is 0.435. The SMILES string of the molecule is Cc1ccc(C2(O)CC3CCCC(C2)N3C(=O)OCc2ccccc2)c(F)c1. The number of rotatable bonds is 3. The van der Waals surface area contributed by atoms with Crippen LogP contribution in [0, 0.1) is 12.7 Å². The number of benzene rings is 2. The second-order valence-electron chi connectivity index (χ2n) is 8.11. The summed E-state index contributed by atoms with van der Waals surface area (Å²) in [6.45, 7) is 2.06. The number of nitrogens with zero attached hydrogens (tertiary/aromatic N) is 1. The maximum Gasteiger partial charge on any atom is 0.410 e. The molecule has 4 rings (SSSR count). The zero-order chi connectivity index (χ0) is 19.7. The number of piperidine rings is 2. The molecule has 0 saturated carbocycles. The van der Waals surface area contributed by atoms with Gasteiger partial charge in [-0.25, -0.2) is 9.18 Å². The standard InChI is InChI=1S/C23H26FNO3/c1-16-10-11-20(21(24)12-16)23(27)13-18-8-5-9-19(14-23)25(18)22(26)28-15-17-6-3-2-4-7-17/h2-4,6-7,10-12,18-19,27H,5,8-9,13-15H2,1H3. The molecule has 2 atom stereocenters. The Morgan fingerprint density at radius 2 is 1.86 bits per heavy atom. The van der Waals surface area contributed by atoms with Gasteiger partial charge in [-0.1, -0.05) is 42.5 Å².